The summed E-state index contributed by atoms with van der Waals surface area (Å²) in [4.78, 5) is 13.8. The van der Waals surface area contributed by atoms with Gasteiger partial charge in [0, 0.05) is 13.1 Å². The van der Waals surface area contributed by atoms with Gasteiger partial charge in [0.05, 0.1) is 16.8 Å². The zero-order valence-corrected chi connectivity index (χ0v) is 12.2. The predicted molar refractivity (Wildman–Crippen MR) is 72.0 cm³/mol. The molecule has 0 amide bonds. The normalized spacial score (nSPS) is 21.4. The molecule has 0 spiro atoms. The second kappa shape index (κ2) is 5.98. The monoisotopic (exact) mass is 317 g/mol. The van der Waals surface area contributed by atoms with Crippen LogP contribution in [-0.2, 0) is 16.1 Å². The summed E-state index contributed by atoms with van der Waals surface area (Å²) in [7, 11) is 1.47. The molecule has 0 N–H and O–H groups in total. The molecule has 1 aliphatic rings. The number of likely N-dealkylation sites (tertiary alicyclic amines) is 1. The van der Waals surface area contributed by atoms with E-state index in [0.29, 0.717) is 0 Å². The van der Waals surface area contributed by atoms with E-state index >= 15 is 0 Å². The number of methoxy groups -OCH3 is 1. The molecule has 0 saturated carbocycles. The molecule has 0 bridgehead atoms. The molecule has 1 aromatic rings. The second-order valence-electron chi connectivity index (χ2n) is 4.36. The van der Waals surface area contributed by atoms with Crippen LogP contribution in [0.15, 0.2) is 15.2 Å². The number of halogens is 1. The van der Waals surface area contributed by atoms with E-state index in [1.54, 1.807) is 11.3 Å². The molecule has 0 radical (unpaired) electrons. The molecule has 1 aromatic heterocycles. The van der Waals surface area contributed by atoms with Gasteiger partial charge in [-0.25, -0.2) is 0 Å². The van der Waals surface area contributed by atoms with Gasteiger partial charge >= 0.3 is 5.97 Å². The fourth-order valence-electron chi connectivity index (χ4n) is 2.25. The molecule has 1 atom stereocenters. The van der Waals surface area contributed by atoms with Gasteiger partial charge in [-0.2, -0.15) is 0 Å². The number of esters is 1. The Bertz CT molecular complexity index is 394. The zero-order chi connectivity index (χ0) is 12.3. The maximum atomic E-state index is 11.5. The Balaban J connectivity index is 1.91. The molecule has 1 saturated heterocycles. The largest absolute Gasteiger partial charge is 0.469 e. The predicted octanol–water partition coefficient (Wildman–Crippen LogP) is 2.90. The highest BCUT2D eigenvalue weighted by Crippen LogP contribution is 2.24. The number of nitrogens with zero attached hydrogens (tertiary/aromatic N) is 1. The smallest absolute Gasteiger partial charge is 0.309 e. The standard InChI is InChI=1S/C12H16BrNO2S/c1-16-12(15)10-3-2-4-14(7-10)6-9-5-11(13)17-8-9/h5,8,10H,2-4,6-7H2,1H3. The molecular weight excluding hydrogens is 302 g/mol. The third-order valence-electron chi connectivity index (χ3n) is 3.07. The molecular formula is C12H16BrNO2S. The van der Waals surface area contributed by atoms with Crippen molar-refractivity contribution in [3.05, 3.63) is 20.8 Å². The molecule has 0 aliphatic carbocycles. The number of rotatable bonds is 3. The van der Waals surface area contributed by atoms with E-state index in [4.69, 9.17) is 4.74 Å². The SMILES string of the molecule is COC(=O)C1CCCN(Cc2csc(Br)c2)C1. The first-order valence-corrected chi connectivity index (χ1v) is 7.39. The minimum Gasteiger partial charge on any atom is -0.469 e. The molecule has 1 fully saturated rings. The quantitative estimate of drug-likeness (QED) is 0.803. The Morgan fingerprint density at radius 2 is 2.53 bits per heavy atom. The number of piperidine rings is 1. The maximum absolute atomic E-state index is 11.5. The van der Waals surface area contributed by atoms with Crippen LogP contribution in [0, 0.1) is 5.92 Å². The number of ether oxygens (including phenoxy) is 1. The van der Waals surface area contributed by atoms with Crippen molar-refractivity contribution in [3.8, 4) is 0 Å². The number of hydrogen-bond acceptors (Lipinski definition) is 4. The molecule has 17 heavy (non-hydrogen) atoms. The van der Waals surface area contributed by atoms with Gasteiger partial charge in [-0.15, -0.1) is 11.3 Å². The Morgan fingerprint density at radius 1 is 1.71 bits per heavy atom. The molecule has 1 unspecified atom stereocenters. The zero-order valence-electron chi connectivity index (χ0n) is 9.82. The van der Waals surface area contributed by atoms with Gasteiger partial charge in [0.2, 0.25) is 0 Å². The highest BCUT2D eigenvalue weighted by atomic mass is 79.9. The average molecular weight is 318 g/mol. The molecule has 94 valence electrons. The number of hydrogen-bond donors (Lipinski definition) is 0. The van der Waals surface area contributed by atoms with Crippen LogP contribution in [0.25, 0.3) is 0 Å². The van der Waals surface area contributed by atoms with Crippen molar-refractivity contribution in [3.63, 3.8) is 0 Å². The third-order valence-corrected chi connectivity index (χ3v) is 4.62. The fourth-order valence-corrected chi connectivity index (χ4v) is 3.45. The van der Waals surface area contributed by atoms with E-state index in [1.807, 2.05) is 0 Å². The Kier molecular flexibility index (Phi) is 4.59. The van der Waals surface area contributed by atoms with Crippen LogP contribution in [0.3, 0.4) is 0 Å². The lowest BCUT2D eigenvalue weighted by atomic mass is 9.98. The highest BCUT2D eigenvalue weighted by Gasteiger charge is 2.26. The fraction of sp³-hybridized carbons (Fsp3) is 0.583. The van der Waals surface area contributed by atoms with Crippen molar-refractivity contribution in [2.24, 2.45) is 5.92 Å². The number of carbonyl (C=O) groups is 1. The van der Waals surface area contributed by atoms with Crippen LogP contribution in [-0.4, -0.2) is 31.1 Å². The minimum absolute atomic E-state index is 0.0517. The summed E-state index contributed by atoms with van der Waals surface area (Å²) in [5.74, 6) is -0.0166. The van der Waals surface area contributed by atoms with Gasteiger partial charge in [-0.05, 0) is 52.3 Å². The molecule has 2 heterocycles. The summed E-state index contributed by atoms with van der Waals surface area (Å²) in [5.41, 5.74) is 1.31. The van der Waals surface area contributed by atoms with Gasteiger partial charge in [0.25, 0.3) is 0 Å². The van der Waals surface area contributed by atoms with Crippen LogP contribution in [0.2, 0.25) is 0 Å². The lowest BCUT2D eigenvalue weighted by Crippen LogP contribution is -2.38. The summed E-state index contributed by atoms with van der Waals surface area (Å²) >= 11 is 5.17. The first-order chi connectivity index (χ1) is 8.19. The lowest BCUT2D eigenvalue weighted by Gasteiger charge is -2.30. The topological polar surface area (TPSA) is 29.5 Å². The minimum atomic E-state index is -0.0683. The Labute approximate surface area is 114 Å². The van der Waals surface area contributed by atoms with Crippen molar-refractivity contribution in [1.29, 1.82) is 0 Å². The molecule has 5 heteroatoms. The molecule has 1 aliphatic heterocycles. The number of carbonyl (C=O) groups excluding carboxylic acids is 1. The van der Waals surface area contributed by atoms with Crippen molar-refractivity contribution in [2.45, 2.75) is 19.4 Å². The van der Waals surface area contributed by atoms with Crippen LogP contribution >= 0.6 is 27.3 Å². The van der Waals surface area contributed by atoms with E-state index in [9.17, 15) is 4.79 Å². The van der Waals surface area contributed by atoms with E-state index in [-0.39, 0.29) is 11.9 Å². The Morgan fingerprint density at radius 3 is 3.18 bits per heavy atom. The average Bonchev–Trinajstić information content (AvgIpc) is 2.74. The van der Waals surface area contributed by atoms with Crippen LogP contribution < -0.4 is 0 Å². The van der Waals surface area contributed by atoms with Crippen molar-refractivity contribution in [2.75, 3.05) is 20.2 Å². The second-order valence-corrected chi connectivity index (χ2v) is 6.65. The summed E-state index contributed by atoms with van der Waals surface area (Å²) < 4.78 is 5.98. The maximum Gasteiger partial charge on any atom is 0.309 e. The summed E-state index contributed by atoms with van der Waals surface area (Å²) in [5, 5.41) is 2.16. The summed E-state index contributed by atoms with van der Waals surface area (Å²) in [6.45, 7) is 2.82. The third kappa shape index (κ3) is 3.53. The van der Waals surface area contributed by atoms with Gasteiger partial charge in [0.1, 0.15) is 0 Å². The molecule has 2 rings (SSSR count). The highest BCUT2D eigenvalue weighted by molar-refractivity contribution is 9.11. The van der Waals surface area contributed by atoms with Gasteiger partial charge < -0.3 is 4.74 Å². The number of thiophene rings is 1. The van der Waals surface area contributed by atoms with E-state index < -0.39 is 0 Å². The van der Waals surface area contributed by atoms with E-state index in [0.717, 1.165) is 36.3 Å². The first-order valence-electron chi connectivity index (χ1n) is 5.72. The van der Waals surface area contributed by atoms with Gasteiger partial charge in [0.15, 0.2) is 0 Å². The summed E-state index contributed by atoms with van der Waals surface area (Å²) in [6, 6.07) is 2.15. The lowest BCUT2D eigenvalue weighted by molar-refractivity contribution is -0.147. The van der Waals surface area contributed by atoms with E-state index in [1.165, 1.54) is 12.7 Å². The van der Waals surface area contributed by atoms with E-state index in [2.05, 4.69) is 32.3 Å². The van der Waals surface area contributed by atoms with Crippen molar-refractivity contribution in [1.82, 2.24) is 4.90 Å². The van der Waals surface area contributed by atoms with Gasteiger partial charge in [-0.1, -0.05) is 0 Å². The van der Waals surface area contributed by atoms with Crippen LogP contribution in [0.4, 0.5) is 0 Å². The van der Waals surface area contributed by atoms with Crippen LogP contribution in [0.1, 0.15) is 18.4 Å². The Hall–Kier alpha value is -0.390. The molecule has 3 nitrogen and oxygen atoms in total. The van der Waals surface area contributed by atoms with Crippen LogP contribution in [0.5, 0.6) is 0 Å². The summed E-state index contributed by atoms with van der Waals surface area (Å²) in [6.07, 6.45) is 2.03. The van der Waals surface area contributed by atoms with Crippen molar-refractivity contribution >= 4 is 33.2 Å². The van der Waals surface area contributed by atoms with Gasteiger partial charge in [-0.3, -0.25) is 9.69 Å². The molecule has 0 aromatic carbocycles. The first kappa shape index (κ1) is 13.1. The van der Waals surface area contributed by atoms with Crippen molar-refractivity contribution < 1.29 is 9.53 Å².